The van der Waals surface area contributed by atoms with E-state index in [2.05, 4.69) is 10.1 Å². The number of nitrogens with one attached hydrogen (secondary N) is 1. The lowest BCUT2D eigenvalue weighted by Gasteiger charge is -2.25. The Morgan fingerprint density at radius 3 is 2.81 bits per heavy atom. The number of rotatable bonds is 10. The van der Waals surface area contributed by atoms with Gasteiger partial charge in [-0.25, -0.2) is 10.3 Å². The fraction of sp³-hybridized carbons (Fsp3) is 0.652. The van der Waals surface area contributed by atoms with Crippen LogP contribution in [0.2, 0.25) is 0 Å². The molecule has 1 aliphatic heterocycles. The number of amides is 1. The molecule has 0 bridgehead atoms. The van der Waals surface area contributed by atoms with E-state index in [1.165, 1.54) is 32.1 Å². The highest BCUT2D eigenvalue weighted by molar-refractivity contribution is 5.82. The largest absolute Gasteiger partial charge is 0.464 e. The van der Waals surface area contributed by atoms with Gasteiger partial charge in [-0.05, 0) is 19.3 Å². The summed E-state index contributed by atoms with van der Waals surface area (Å²) in [6.45, 7) is 2.10. The van der Waals surface area contributed by atoms with Gasteiger partial charge < -0.3 is 14.2 Å². The van der Waals surface area contributed by atoms with Crippen molar-refractivity contribution in [2.45, 2.75) is 76.7 Å². The molecule has 176 valence electrons. The average molecular weight is 447 g/mol. The Morgan fingerprint density at radius 2 is 2.12 bits per heavy atom. The van der Waals surface area contributed by atoms with Crippen molar-refractivity contribution >= 4 is 17.4 Å². The van der Waals surface area contributed by atoms with Gasteiger partial charge in [0.2, 0.25) is 17.6 Å². The maximum atomic E-state index is 12.0. The van der Waals surface area contributed by atoms with Gasteiger partial charge in [0.05, 0.1) is 6.61 Å². The van der Waals surface area contributed by atoms with Crippen LogP contribution in [0.25, 0.3) is 5.57 Å². The summed E-state index contributed by atoms with van der Waals surface area (Å²) < 4.78 is 10.6. The van der Waals surface area contributed by atoms with Gasteiger partial charge >= 0.3 is 5.97 Å². The van der Waals surface area contributed by atoms with Crippen LogP contribution < -0.4 is 5.48 Å². The number of allylic oxidation sites excluding steroid dienone is 2. The van der Waals surface area contributed by atoms with E-state index in [1.54, 1.807) is 42.7 Å². The summed E-state index contributed by atoms with van der Waals surface area (Å²) in [6.07, 6.45) is 14.7. The number of aromatic nitrogens is 2. The number of hydrogen-bond acceptors (Lipinski definition) is 8. The second-order valence-electron chi connectivity index (χ2n) is 8.63. The molecule has 1 amide bonds. The van der Waals surface area contributed by atoms with Crippen molar-refractivity contribution in [3.8, 4) is 0 Å². The van der Waals surface area contributed by atoms with Crippen LogP contribution in [-0.4, -0.2) is 51.8 Å². The normalized spacial score (nSPS) is 20.0. The lowest BCUT2D eigenvalue weighted by molar-refractivity contribution is -0.146. The molecular weight excluding hydrogens is 412 g/mol. The maximum Gasteiger partial charge on any atom is 0.332 e. The number of esters is 1. The first-order valence-corrected chi connectivity index (χ1v) is 11.6. The summed E-state index contributed by atoms with van der Waals surface area (Å²) in [5, 5.41) is 13.1. The number of carbonyl (C=O) groups is 2. The zero-order valence-electron chi connectivity index (χ0n) is 19.0. The summed E-state index contributed by atoms with van der Waals surface area (Å²) in [7, 11) is 1.78. The molecule has 1 fully saturated rings. The minimum Gasteiger partial charge on any atom is -0.464 e. The number of hydrogen-bond donors (Lipinski definition) is 2. The summed E-state index contributed by atoms with van der Waals surface area (Å²) in [4.78, 5) is 30.1. The quantitative estimate of drug-likeness (QED) is 0.318. The van der Waals surface area contributed by atoms with Gasteiger partial charge in [-0.2, -0.15) is 4.98 Å². The molecule has 9 nitrogen and oxygen atoms in total. The molecule has 0 saturated heterocycles. The first kappa shape index (κ1) is 24.0. The Kier molecular flexibility index (Phi) is 8.84. The van der Waals surface area contributed by atoms with Gasteiger partial charge in [-0.3, -0.25) is 10.0 Å². The monoisotopic (exact) mass is 446 g/mol. The van der Waals surface area contributed by atoms with E-state index in [9.17, 15) is 9.59 Å². The molecule has 3 rings (SSSR count). The third-order valence-corrected chi connectivity index (χ3v) is 6.26. The predicted molar refractivity (Wildman–Crippen MR) is 117 cm³/mol. The molecular formula is C23H34N4O5. The first-order valence-electron chi connectivity index (χ1n) is 11.6. The van der Waals surface area contributed by atoms with Crippen molar-refractivity contribution in [2.75, 3.05) is 13.7 Å². The second-order valence-corrected chi connectivity index (χ2v) is 8.63. The number of ether oxygens (including phenoxy) is 1. The van der Waals surface area contributed by atoms with Crippen LogP contribution in [0.5, 0.6) is 0 Å². The number of likely N-dealkylation sites (N-methyl/N-ethyl adjacent to an activating group) is 1. The Hall–Kier alpha value is -2.68. The molecule has 0 aromatic carbocycles. The minimum atomic E-state index is -0.495. The molecule has 1 aliphatic carbocycles. The molecule has 1 unspecified atom stereocenters. The number of hydroxylamine groups is 1. The van der Waals surface area contributed by atoms with Crippen molar-refractivity contribution < 1.29 is 24.1 Å². The van der Waals surface area contributed by atoms with Crippen LogP contribution in [0.3, 0.4) is 0 Å². The third kappa shape index (κ3) is 6.41. The second kappa shape index (κ2) is 11.8. The van der Waals surface area contributed by atoms with Gasteiger partial charge in [0.15, 0.2) is 0 Å². The number of nitrogens with zero attached hydrogens (tertiary/aromatic N) is 3. The van der Waals surface area contributed by atoms with Gasteiger partial charge in [-0.15, -0.1) is 0 Å². The zero-order valence-corrected chi connectivity index (χ0v) is 19.0. The van der Waals surface area contributed by atoms with Crippen LogP contribution in [0, 0.1) is 5.92 Å². The smallest absolute Gasteiger partial charge is 0.332 e. The van der Waals surface area contributed by atoms with Crippen molar-refractivity contribution in [3.63, 3.8) is 0 Å². The Labute approximate surface area is 188 Å². The molecule has 2 aliphatic rings. The van der Waals surface area contributed by atoms with Crippen molar-refractivity contribution in [2.24, 2.45) is 5.92 Å². The SMILES string of the molecule is CCOC(=O)C1C=CC(c2noc([C@H](CCCC3CCCCC3)CC(=O)NO)n2)=CN1C. The highest BCUT2D eigenvalue weighted by Crippen LogP contribution is 2.31. The fourth-order valence-electron chi connectivity index (χ4n) is 4.51. The molecule has 2 N–H and O–H groups in total. The average Bonchev–Trinajstić information content (AvgIpc) is 3.29. The van der Waals surface area contributed by atoms with E-state index < -0.39 is 11.9 Å². The molecule has 32 heavy (non-hydrogen) atoms. The van der Waals surface area contributed by atoms with Crippen LogP contribution in [-0.2, 0) is 14.3 Å². The van der Waals surface area contributed by atoms with E-state index in [-0.39, 0.29) is 18.3 Å². The van der Waals surface area contributed by atoms with Crippen molar-refractivity contribution in [3.05, 3.63) is 30.1 Å². The topological polar surface area (TPSA) is 118 Å². The van der Waals surface area contributed by atoms with Crippen molar-refractivity contribution in [1.82, 2.24) is 20.5 Å². The fourth-order valence-corrected chi connectivity index (χ4v) is 4.51. The molecule has 2 atom stereocenters. The highest BCUT2D eigenvalue weighted by atomic mass is 16.5. The molecule has 1 aromatic heterocycles. The lowest BCUT2D eigenvalue weighted by Crippen LogP contribution is -2.36. The first-order chi connectivity index (χ1) is 15.5. The molecule has 1 aromatic rings. The van der Waals surface area contributed by atoms with Gasteiger partial charge in [0.1, 0.15) is 6.04 Å². The van der Waals surface area contributed by atoms with E-state index in [1.807, 2.05) is 0 Å². The predicted octanol–water partition coefficient (Wildman–Crippen LogP) is 3.57. The molecule has 0 radical (unpaired) electrons. The van der Waals surface area contributed by atoms with E-state index in [4.69, 9.17) is 14.5 Å². The van der Waals surface area contributed by atoms with E-state index >= 15 is 0 Å². The van der Waals surface area contributed by atoms with Crippen molar-refractivity contribution in [1.29, 1.82) is 0 Å². The van der Waals surface area contributed by atoms with Crippen LogP contribution in [0.4, 0.5) is 0 Å². The summed E-state index contributed by atoms with van der Waals surface area (Å²) in [5.74, 6) is 0.494. The summed E-state index contributed by atoms with van der Waals surface area (Å²) >= 11 is 0. The van der Waals surface area contributed by atoms with E-state index in [0.717, 1.165) is 25.2 Å². The Balaban J connectivity index is 1.65. The summed E-state index contributed by atoms with van der Waals surface area (Å²) in [5.41, 5.74) is 2.41. The van der Waals surface area contributed by atoms with E-state index in [0.29, 0.717) is 23.9 Å². The van der Waals surface area contributed by atoms with Crippen LogP contribution in [0.1, 0.15) is 82.3 Å². The molecule has 9 heteroatoms. The van der Waals surface area contributed by atoms with Gasteiger partial charge in [0, 0.05) is 31.2 Å². The minimum absolute atomic E-state index is 0.0858. The van der Waals surface area contributed by atoms with Gasteiger partial charge in [0.25, 0.3) is 0 Å². The Morgan fingerprint density at radius 1 is 1.34 bits per heavy atom. The lowest BCUT2D eigenvalue weighted by atomic mass is 9.84. The molecule has 2 heterocycles. The summed E-state index contributed by atoms with van der Waals surface area (Å²) in [6, 6.07) is -0.495. The third-order valence-electron chi connectivity index (χ3n) is 6.26. The highest BCUT2D eigenvalue weighted by Gasteiger charge is 2.27. The zero-order chi connectivity index (χ0) is 22.9. The van der Waals surface area contributed by atoms with Crippen LogP contribution in [0.15, 0.2) is 22.9 Å². The maximum absolute atomic E-state index is 12.0. The number of carbonyl (C=O) groups excluding carboxylic acids is 2. The standard InChI is InChI=1S/C23H34N4O5/c1-3-31-23(29)19-13-12-18(15-27(19)2)21-24-22(32-26-21)17(14-20(28)25-30)11-7-10-16-8-5-4-6-9-16/h12-13,15-17,19,30H,3-11,14H2,1-2H3,(H,25,28)/t17-,19?/m1/s1. The molecule has 0 spiro atoms. The van der Waals surface area contributed by atoms with Crippen LogP contribution >= 0.6 is 0 Å². The molecule has 1 saturated carbocycles. The van der Waals surface area contributed by atoms with Gasteiger partial charge in [-0.1, -0.05) is 62.3 Å². The Bertz CT molecular complexity index is 828.